The first-order valence-electron chi connectivity index (χ1n) is 5.21. The molecule has 12 heavy (non-hydrogen) atoms. The molecule has 0 amide bonds. The molecule has 70 valence electrons. The first-order valence-corrected chi connectivity index (χ1v) is 5.21. The van der Waals surface area contributed by atoms with Gasteiger partial charge in [0.05, 0.1) is 6.10 Å². The van der Waals surface area contributed by atoms with E-state index in [2.05, 4.69) is 13.8 Å². The van der Waals surface area contributed by atoms with Crippen molar-refractivity contribution >= 4 is 0 Å². The summed E-state index contributed by atoms with van der Waals surface area (Å²) in [6.07, 6.45) is 4.04. The number of hydrogen-bond acceptors (Lipinski definition) is 1. The minimum absolute atomic E-state index is 0.102. The molecule has 2 fully saturated rings. The van der Waals surface area contributed by atoms with Crippen molar-refractivity contribution in [2.45, 2.75) is 46.1 Å². The Hall–Kier alpha value is -0.0400. The fraction of sp³-hybridized carbons (Fsp3) is 1.00. The van der Waals surface area contributed by atoms with Crippen LogP contribution in [-0.2, 0) is 0 Å². The van der Waals surface area contributed by atoms with Crippen LogP contribution in [0.3, 0.4) is 0 Å². The van der Waals surface area contributed by atoms with Crippen molar-refractivity contribution in [1.29, 1.82) is 0 Å². The van der Waals surface area contributed by atoms with E-state index in [4.69, 9.17) is 0 Å². The fourth-order valence-corrected chi connectivity index (χ4v) is 3.91. The van der Waals surface area contributed by atoms with Gasteiger partial charge in [-0.25, -0.2) is 0 Å². The molecule has 0 aromatic heterocycles. The average molecular weight is 168 g/mol. The standard InChI is InChI=1S/C11H20O/c1-7(12)10-8-4-5-9(6-8)11(10,2)3/h7-10,12H,4-6H2,1-3H3/t7?,8-,9+,10?/m0/s1. The highest BCUT2D eigenvalue weighted by molar-refractivity contribution is 5.03. The van der Waals surface area contributed by atoms with Crippen molar-refractivity contribution < 1.29 is 5.11 Å². The molecule has 2 unspecified atom stereocenters. The Kier molecular flexibility index (Phi) is 1.76. The first kappa shape index (κ1) is 8.55. The summed E-state index contributed by atoms with van der Waals surface area (Å²) >= 11 is 0. The molecule has 2 saturated carbocycles. The number of hydrogen-bond donors (Lipinski definition) is 1. The Bertz CT molecular complexity index is 183. The van der Waals surface area contributed by atoms with Crippen LogP contribution in [0.4, 0.5) is 0 Å². The molecule has 1 N–H and O–H groups in total. The van der Waals surface area contributed by atoms with Gasteiger partial charge in [-0.1, -0.05) is 13.8 Å². The molecule has 2 bridgehead atoms. The summed E-state index contributed by atoms with van der Waals surface area (Å²) in [5.41, 5.74) is 0.400. The summed E-state index contributed by atoms with van der Waals surface area (Å²) in [6.45, 7) is 6.65. The molecule has 4 atom stereocenters. The van der Waals surface area contributed by atoms with Gasteiger partial charge in [0.2, 0.25) is 0 Å². The van der Waals surface area contributed by atoms with Gasteiger partial charge in [-0.2, -0.15) is 0 Å². The van der Waals surface area contributed by atoms with E-state index >= 15 is 0 Å². The minimum Gasteiger partial charge on any atom is -0.393 e. The van der Waals surface area contributed by atoms with Crippen LogP contribution in [-0.4, -0.2) is 11.2 Å². The van der Waals surface area contributed by atoms with E-state index in [1.165, 1.54) is 19.3 Å². The van der Waals surface area contributed by atoms with Crippen molar-refractivity contribution in [2.75, 3.05) is 0 Å². The second-order valence-corrected chi connectivity index (χ2v) is 5.36. The van der Waals surface area contributed by atoms with Crippen LogP contribution in [0.25, 0.3) is 0 Å². The summed E-state index contributed by atoms with van der Waals surface area (Å²) in [7, 11) is 0. The van der Waals surface area contributed by atoms with Crippen LogP contribution in [0.1, 0.15) is 40.0 Å². The molecule has 0 radical (unpaired) electrons. The largest absolute Gasteiger partial charge is 0.393 e. The lowest BCUT2D eigenvalue weighted by Crippen LogP contribution is -2.37. The maximum Gasteiger partial charge on any atom is 0.0548 e. The average Bonchev–Trinajstić information content (AvgIpc) is 2.41. The third-order valence-corrected chi connectivity index (χ3v) is 4.41. The van der Waals surface area contributed by atoms with E-state index in [-0.39, 0.29) is 6.10 Å². The molecule has 0 aromatic carbocycles. The fourth-order valence-electron chi connectivity index (χ4n) is 3.91. The number of rotatable bonds is 1. The summed E-state index contributed by atoms with van der Waals surface area (Å²) in [5.74, 6) is 2.28. The maximum atomic E-state index is 9.71. The van der Waals surface area contributed by atoms with E-state index in [9.17, 15) is 5.11 Å². The second-order valence-electron chi connectivity index (χ2n) is 5.36. The molecule has 2 rings (SSSR count). The van der Waals surface area contributed by atoms with Crippen LogP contribution < -0.4 is 0 Å². The predicted octanol–water partition coefficient (Wildman–Crippen LogP) is 2.44. The summed E-state index contributed by atoms with van der Waals surface area (Å²) in [5, 5.41) is 9.71. The minimum atomic E-state index is -0.102. The van der Waals surface area contributed by atoms with Crippen molar-refractivity contribution in [3.63, 3.8) is 0 Å². The SMILES string of the molecule is CC(O)C1[C@H]2CC[C@H](C2)C1(C)C. The Morgan fingerprint density at radius 1 is 1.33 bits per heavy atom. The monoisotopic (exact) mass is 168 g/mol. The van der Waals surface area contributed by atoms with Gasteiger partial charge in [0.25, 0.3) is 0 Å². The maximum absolute atomic E-state index is 9.71. The van der Waals surface area contributed by atoms with E-state index in [1.54, 1.807) is 0 Å². The van der Waals surface area contributed by atoms with Gasteiger partial charge >= 0.3 is 0 Å². The molecule has 1 nitrogen and oxygen atoms in total. The summed E-state index contributed by atoms with van der Waals surface area (Å²) in [4.78, 5) is 0. The lowest BCUT2D eigenvalue weighted by atomic mass is 9.67. The topological polar surface area (TPSA) is 20.2 Å². The molecule has 1 heteroatoms. The van der Waals surface area contributed by atoms with E-state index in [0.717, 1.165) is 11.8 Å². The highest BCUT2D eigenvalue weighted by Gasteiger charge is 2.53. The zero-order chi connectivity index (χ0) is 8.93. The third kappa shape index (κ3) is 0.953. The highest BCUT2D eigenvalue weighted by atomic mass is 16.3. The van der Waals surface area contributed by atoms with Gasteiger partial charge in [0.1, 0.15) is 0 Å². The van der Waals surface area contributed by atoms with E-state index < -0.39 is 0 Å². The number of aliphatic hydroxyl groups is 1. The van der Waals surface area contributed by atoms with Crippen molar-refractivity contribution in [3.05, 3.63) is 0 Å². The summed E-state index contributed by atoms with van der Waals surface area (Å²) in [6, 6.07) is 0. The van der Waals surface area contributed by atoms with Crippen molar-refractivity contribution in [1.82, 2.24) is 0 Å². The third-order valence-electron chi connectivity index (χ3n) is 4.41. The molecule has 2 aliphatic rings. The van der Waals surface area contributed by atoms with Crippen LogP contribution in [0.2, 0.25) is 0 Å². The lowest BCUT2D eigenvalue weighted by Gasteiger charge is -2.40. The van der Waals surface area contributed by atoms with Gasteiger partial charge in [-0.3, -0.25) is 0 Å². The Morgan fingerprint density at radius 2 is 2.00 bits per heavy atom. The zero-order valence-electron chi connectivity index (χ0n) is 8.38. The Morgan fingerprint density at radius 3 is 2.33 bits per heavy atom. The van der Waals surface area contributed by atoms with E-state index in [1.807, 2.05) is 6.92 Å². The molecule has 0 spiro atoms. The quantitative estimate of drug-likeness (QED) is 0.637. The molecule has 0 aromatic rings. The summed E-state index contributed by atoms with van der Waals surface area (Å²) < 4.78 is 0. The van der Waals surface area contributed by atoms with Crippen LogP contribution in [0, 0.1) is 23.2 Å². The molecule has 0 heterocycles. The van der Waals surface area contributed by atoms with Crippen molar-refractivity contribution in [3.8, 4) is 0 Å². The van der Waals surface area contributed by atoms with Crippen LogP contribution >= 0.6 is 0 Å². The number of aliphatic hydroxyl groups excluding tert-OH is 1. The Balaban J connectivity index is 2.23. The lowest BCUT2D eigenvalue weighted by molar-refractivity contribution is 0.00840. The first-order chi connectivity index (χ1) is 5.53. The second kappa shape index (κ2) is 2.47. The molecule has 2 aliphatic carbocycles. The van der Waals surface area contributed by atoms with Gasteiger partial charge in [-0.05, 0) is 49.4 Å². The molecule has 0 aliphatic heterocycles. The molecule has 0 saturated heterocycles. The van der Waals surface area contributed by atoms with Gasteiger partial charge in [-0.15, -0.1) is 0 Å². The Labute approximate surface area is 75.2 Å². The van der Waals surface area contributed by atoms with E-state index in [0.29, 0.717) is 11.3 Å². The normalized spacial score (nSPS) is 46.5. The zero-order valence-corrected chi connectivity index (χ0v) is 8.38. The van der Waals surface area contributed by atoms with Gasteiger partial charge < -0.3 is 5.11 Å². The molecular formula is C11H20O. The smallest absolute Gasteiger partial charge is 0.0548 e. The highest BCUT2D eigenvalue weighted by Crippen LogP contribution is 2.60. The number of fused-ring (bicyclic) bond motifs is 2. The van der Waals surface area contributed by atoms with Crippen LogP contribution in [0.15, 0.2) is 0 Å². The van der Waals surface area contributed by atoms with Crippen molar-refractivity contribution in [2.24, 2.45) is 23.2 Å². The van der Waals surface area contributed by atoms with Gasteiger partial charge in [0, 0.05) is 0 Å². The van der Waals surface area contributed by atoms with Crippen LogP contribution in [0.5, 0.6) is 0 Å². The molecular weight excluding hydrogens is 148 g/mol. The van der Waals surface area contributed by atoms with Gasteiger partial charge in [0.15, 0.2) is 0 Å². The predicted molar refractivity (Wildman–Crippen MR) is 49.8 cm³/mol.